The summed E-state index contributed by atoms with van der Waals surface area (Å²) in [6.07, 6.45) is 7.68. The van der Waals surface area contributed by atoms with Gasteiger partial charge in [0.05, 0.1) is 0 Å². The second-order valence-corrected chi connectivity index (χ2v) is 3.08. The molecule has 14 heavy (non-hydrogen) atoms. The summed E-state index contributed by atoms with van der Waals surface area (Å²) in [5.74, 6) is 0. The van der Waals surface area contributed by atoms with Crippen LogP contribution >= 0.6 is 0 Å². The van der Waals surface area contributed by atoms with Crippen molar-refractivity contribution >= 4 is 16.8 Å². The minimum absolute atomic E-state index is 0.571. The zero-order valence-corrected chi connectivity index (χ0v) is 7.85. The predicted octanol–water partition coefficient (Wildman–Crippen LogP) is 2.21. The molecule has 2 rings (SSSR count). The molecule has 2 N–H and O–H groups in total. The first kappa shape index (κ1) is 8.91. The molecule has 0 radical (unpaired) electrons. The summed E-state index contributed by atoms with van der Waals surface area (Å²) in [4.78, 5) is 4.09. The minimum Gasteiger partial charge on any atom is -0.327 e. The highest BCUT2D eigenvalue weighted by molar-refractivity contribution is 5.89. The van der Waals surface area contributed by atoms with Gasteiger partial charge in [-0.3, -0.25) is 4.98 Å². The molecule has 0 aliphatic carbocycles. The molecule has 0 saturated heterocycles. The topological polar surface area (TPSA) is 38.9 Å². The quantitative estimate of drug-likeness (QED) is 0.777. The average molecular weight is 184 g/mol. The van der Waals surface area contributed by atoms with Crippen LogP contribution in [0, 0.1) is 0 Å². The monoisotopic (exact) mass is 184 g/mol. The number of aromatic nitrogens is 1. The number of benzene rings is 1. The second-order valence-electron chi connectivity index (χ2n) is 3.08. The Kier molecular flexibility index (Phi) is 2.56. The number of nitrogens with zero attached hydrogens (tertiary/aromatic N) is 1. The fraction of sp³-hybridized carbons (Fsp3) is 0.0833. The standard InChI is InChI=1S/C12H12N2/c13-7-2-5-10-3-1-4-11-9-14-8-6-12(10)11/h1-6,8-9H,7,13H2/b5-2+. The lowest BCUT2D eigenvalue weighted by molar-refractivity contribution is 1.26. The predicted molar refractivity (Wildman–Crippen MR) is 59.8 cm³/mol. The van der Waals surface area contributed by atoms with E-state index in [0.29, 0.717) is 6.54 Å². The molecule has 2 heteroatoms. The van der Waals surface area contributed by atoms with Gasteiger partial charge in [0, 0.05) is 24.3 Å². The summed E-state index contributed by atoms with van der Waals surface area (Å²) in [6, 6.07) is 8.18. The lowest BCUT2D eigenvalue weighted by atomic mass is 10.1. The maximum atomic E-state index is 5.42. The van der Waals surface area contributed by atoms with Crippen molar-refractivity contribution in [1.82, 2.24) is 4.98 Å². The van der Waals surface area contributed by atoms with E-state index in [2.05, 4.69) is 17.1 Å². The van der Waals surface area contributed by atoms with E-state index in [1.54, 1.807) is 0 Å². The second kappa shape index (κ2) is 4.03. The Hall–Kier alpha value is -1.67. The number of fused-ring (bicyclic) bond motifs is 1. The van der Waals surface area contributed by atoms with Crippen LogP contribution in [0.15, 0.2) is 42.7 Å². The van der Waals surface area contributed by atoms with Gasteiger partial charge < -0.3 is 5.73 Å². The molecule has 0 aliphatic heterocycles. The molecule has 0 saturated carbocycles. The van der Waals surface area contributed by atoms with Crippen molar-refractivity contribution in [3.8, 4) is 0 Å². The smallest absolute Gasteiger partial charge is 0.0346 e. The minimum atomic E-state index is 0.571. The van der Waals surface area contributed by atoms with E-state index in [4.69, 9.17) is 5.73 Å². The number of nitrogens with two attached hydrogens (primary N) is 1. The highest BCUT2D eigenvalue weighted by atomic mass is 14.6. The number of hydrogen-bond acceptors (Lipinski definition) is 2. The third-order valence-corrected chi connectivity index (χ3v) is 2.15. The zero-order valence-electron chi connectivity index (χ0n) is 7.85. The van der Waals surface area contributed by atoms with Crippen molar-refractivity contribution in [2.24, 2.45) is 5.73 Å². The van der Waals surface area contributed by atoms with Crippen LogP contribution < -0.4 is 5.73 Å². The van der Waals surface area contributed by atoms with Crippen LogP contribution in [0.3, 0.4) is 0 Å². The molecule has 0 amide bonds. The molecule has 1 aromatic heterocycles. The maximum Gasteiger partial charge on any atom is 0.0346 e. The Labute approximate surface area is 83.1 Å². The first-order valence-corrected chi connectivity index (χ1v) is 4.61. The largest absolute Gasteiger partial charge is 0.327 e. The summed E-state index contributed by atoms with van der Waals surface area (Å²) in [5, 5.41) is 2.37. The van der Waals surface area contributed by atoms with Crippen molar-refractivity contribution < 1.29 is 0 Å². The Morgan fingerprint density at radius 3 is 3.07 bits per heavy atom. The first-order chi connectivity index (χ1) is 6.92. The van der Waals surface area contributed by atoms with E-state index in [1.807, 2.05) is 36.7 Å². The number of pyridine rings is 1. The van der Waals surface area contributed by atoms with Gasteiger partial charge in [-0.05, 0) is 17.0 Å². The van der Waals surface area contributed by atoms with E-state index in [9.17, 15) is 0 Å². The third kappa shape index (κ3) is 1.65. The van der Waals surface area contributed by atoms with E-state index < -0.39 is 0 Å². The van der Waals surface area contributed by atoms with Crippen LogP contribution in [-0.2, 0) is 0 Å². The summed E-state index contributed by atoms with van der Waals surface area (Å²) >= 11 is 0. The summed E-state index contributed by atoms with van der Waals surface area (Å²) in [7, 11) is 0. The molecule has 0 bridgehead atoms. The van der Waals surface area contributed by atoms with E-state index in [0.717, 1.165) is 5.39 Å². The van der Waals surface area contributed by atoms with Gasteiger partial charge in [0.25, 0.3) is 0 Å². The highest BCUT2D eigenvalue weighted by Gasteiger charge is 1.95. The summed E-state index contributed by atoms with van der Waals surface area (Å²) < 4.78 is 0. The Balaban J connectivity index is 2.59. The molecule has 2 aromatic rings. The Morgan fingerprint density at radius 1 is 1.29 bits per heavy atom. The van der Waals surface area contributed by atoms with Gasteiger partial charge in [0.1, 0.15) is 0 Å². The lowest BCUT2D eigenvalue weighted by Gasteiger charge is -2.00. The average Bonchev–Trinajstić information content (AvgIpc) is 2.26. The van der Waals surface area contributed by atoms with Gasteiger partial charge in [-0.25, -0.2) is 0 Å². The molecule has 1 aromatic carbocycles. The van der Waals surface area contributed by atoms with Crippen molar-refractivity contribution in [2.75, 3.05) is 6.54 Å². The molecule has 0 spiro atoms. The van der Waals surface area contributed by atoms with Crippen molar-refractivity contribution in [1.29, 1.82) is 0 Å². The zero-order chi connectivity index (χ0) is 9.80. The van der Waals surface area contributed by atoms with Crippen LogP contribution in [0.25, 0.3) is 16.8 Å². The van der Waals surface area contributed by atoms with E-state index in [-0.39, 0.29) is 0 Å². The van der Waals surface area contributed by atoms with Crippen LogP contribution in [-0.4, -0.2) is 11.5 Å². The van der Waals surface area contributed by atoms with E-state index >= 15 is 0 Å². The molecule has 2 nitrogen and oxygen atoms in total. The van der Waals surface area contributed by atoms with Gasteiger partial charge in [0.2, 0.25) is 0 Å². The van der Waals surface area contributed by atoms with Crippen LogP contribution in [0.5, 0.6) is 0 Å². The summed E-state index contributed by atoms with van der Waals surface area (Å²) in [5.41, 5.74) is 6.61. The van der Waals surface area contributed by atoms with Gasteiger partial charge >= 0.3 is 0 Å². The van der Waals surface area contributed by atoms with Crippen LogP contribution in [0.1, 0.15) is 5.56 Å². The molecule has 70 valence electrons. The number of hydrogen-bond donors (Lipinski definition) is 1. The van der Waals surface area contributed by atoms with Gasteiger partial charge in [-0.1, -0.05) is 30.4 Å². The molecular weight excluding hydrogens is 172 g/mol. The maximum absolute atomic E-state index is 5.42. The lowest BCUT2D eigenvalue weighted by Crippen LogP contribution is -1.92. The molecule has 0 fully saturated rings. The van der Waals surface area contributed by atoms with Crippen LogP contribution in [0.4, 0.5) is 0 Å². The fourth-order valence-electron chi connectivity index (χ4n) is 1.49. The normalized spacial score (nSPS) is 11.2. The third-order valence-electron chi connectivity index (χ3n) is 2.15. The molecule has 0 unspecified atom stereocenters. The SMILES string of the molecule is NC/C=C/c1cccc2cnccc12. The van der Waals surface area contributed by atoms with Gasteiger partial charge in [0.15, 0.2) is 0 Å². The number of rotatable bonds is 2. The molecule has 0 atom stereocenters. The van der Waals surface area contributed by atoms with Gasteiger partial charge in [-0.2, -0.15) is 0 Å². The first-order valence-electron chi connectivity index (χ1n) is 4.61. The molecule has 1 heterocycles. The van der Waals surface area contributed by atoms with Gasteiger partial charge in [-0.15, -0.1) is 0 Å². The Morgan fingerprint density at radius 2 is 2.21 bits per heavy atom. The highest BCUT2D eigenvalue weighted by Crippen LogP contribution is 2.18. The van der Waals surface area contributed by atoms with Crippen molar-refractivity contribution in [3.05, 3.63) is 48.3 Å². The van der Waals surface area contributed by atoms with Crippen LogP contribution in [0.2, 0.25) is 0 Å². The van der Waals surface area contributed by atoms with Crippen molar-refractivity contribution in [3.63, 3.8) is 0 Å². The fourth-order valence-corrected chi connectivity index (χ4v) is 1.49. The summed E-state index contributed by atoms with van der Waals surface area (Å²) in [6.45, 7) is 0.571. The molecular formula is C12H12N2. The Bertz CT molecular complexity index is 455. The molecule has 0 aliphatic rings. The van der Waals surface area contributed by atoms with E-state index in [1.165, 1.54) is 10.9 Å². The van der Waals surface area contributed by atoms with Crippen molar-refractivity contribution in [2.45, 2.75) is 0 Å².